The minimum Gasteiger partial charge on any atom is -0.233 e. The van der Waals surface area contributed by atoms with Crippen LogP contribution in [0.2, 0.25) is 0 Å². The van der Waals surface area contributed by atoms with Gasteiger partial charge < -0.3 is 0 Å². The summed E-state index contributed by atoms with van der Waals surface area (Å²) in [5.74, 6) is 0. The summed E-state index contributed by atoms with van der Waals surface area (Å²) in [6.07, 6.45) is 0. The highest BCUT2D eigenvalue weighted by atomic mass is 15.3. The van der Waals surface area contributed by atoms with E-state index >= 15 is 0 Å². The molecule has 41 heavy (non-hydrogen) atoms. The molecule has 0 N–H and O–H groups in total. The standard InChI is InChI=1S/C33H24B6N2/c34-26-25(27(35)29(37)30(38)28(26)36)32-19-10-4-12-22-33(19)41(40-32)23-13-5-9-18-20-14-15-6-1-2-7-16(15)17-8-3-11-21(24(17)20)39(22)31(18)23/h1-14H,34-38H2. The molecule has 0 aliphatic carbocycles. The Balaban J connectivity index is 1.44. The average Bonchev–Trinajstić information content (AvgIpc) is 3.39. The van der Waals surface area contributed by atoms with Crippen LogP contribution in [0.3, 0.4) is 0 Å². The fourth-order valence-electron chi connectivity index (χ4n) is 8.04. The lowest BCUT2D eigenvalue weighted by molar-refractivity contribution is 0.920. The van der Waals surface area contributed by atoms with Crippen LogP contribution in [0.4, 0.5) is 0 Å². The Morgan fingerprint density at radius 1 is 0.585 bits per heavy atom. The average molecular weight is 513 g/mol. The van der Waals surface area contributed by atoms with E-state index in [0.29, 0.717) is 0 Å². The Morgan fingerprint density at radius 3 is 2.05 bits per heavy atom. The van der Waals surface area contributed by atoms with E-state index in [2.05, 4.69) is 129 Å². The molecule has 2 aliphatic heterocycles. The first-order valence-corrected chi connectivity index (χ1v) is 14.6. The molecule has 0 atom stereocenters. The van der Waals surface area contributed by atoms with Crippen molar-refractivity contribution in [1.29, 1.82) is 0 Å². The van der Waals surface area contributed by atoms with E-state index in [1.165, 1.54) is 98.5 Å². The summed E-state index contributed by atoms with van der Waals surface area (Å²) >= 11 is 0. The molecule has 1 aromatic heterocycles. The van der Waals surface area contributed by atoms with Crippen molar-refractivity contribution in [1.82, 2.24) is 9.78 Å². The molecule has 0 saturated carbocycles. The topological polar surface area (TPSA) is 17.8 Å². The van der Waals surface area contributed by atoms with Crippen molar-refractivity contribution in [2.45, 2.75) is 0 Å². The second-order valence-corrected chi connectivity index (χ2v) is 12.1. The first kappa shape index (κ1) is 23.4. The van der Waals surface area contributed by atoms with Gasteiger partial charge in [-0.3, -0.25) is 0 Å². The quantitative estimate of drug-likeness (QED) is 0.170. The van der Waals surface area contributed by atoms with Crippen LogP contribution in [-0.4, -0.2) is 55.7 Å². The van der Waals surface area contributed by atoms with Gasteiger partial charge in [-0.15, -0.1) is 16.4 Å². The molecular formula is C33H24B6N2. The van der Waals surface area contributed by atoms with Crippen molar-refractivity contribution < 1.29 is 0 Å². The maximum absolute atomic E-state index is 5.47. The molecular weight excluding hydrogens is 489 g/mol. The Morgan fingerprint density at radius 2 is 1.24 bits per heavy atom. The second-order valence-electron chi connectivity index (χ2n) is 12.1. The summed E-state index contributed by atoms with van der Waals surface area (Å²) < 4.78 is 2.25. The molecule has 8 heteroatoms. The van der Waals surface area contributed by atoms with E-state index in [9.17, 15) is 0 Å². The number of fused-ring (bicyclic) bond motifs is 6. The lowest BCUT2D eigenvalue weighted by Crippen LogP contribution is -2.58. The van der Waals surface area contributed by atoms with Crippen LogP contribution in [0.1, 0.15) is 0 Å². The fraction of sp³-hybridized carbons (Fsp3) is 0. The van der Waals surface area contributed by atoms with Gasteiger partial charge in [0.15, 0.2) is 0 Å². The van der Waals surface area contributed by atoms with Crippen LogP contribution in [0.15, 0.2) is 84.9 Å². The van der Waals surface area contributed by atoms with Gasteiger partial charge in [-0.2, -0.15) is 5.10 Å². The van der Waals surface area contributed by atoms with Crippen LogP contribution in [0, 0.1) is 0 Å². The van der Waals surface area contributed by atoms with Gasteiger partial charge in [0.25, 0.3) is 0 Å². The predicted octanol–water partition coefficient (Wildman–Crippen LogP) is -2.90. The van der Waals surface area contributed by atoms with Crippen molar-refractivity contribution in [2.24, 2.45) is 0 Å². The van der Waals surface area contributed by atoms with Crippen LogP contribution >= 0.6 is 0 Å². The van der Waals surface area contributed by atoms with Crippen molar-refractivity contribution in [3.05, 3.63) is 84.9 Å². The Hall–Kier alpha value is -4.30. The zero-order valence-corrected chi connectivity index (χ0v) is 24.1. The summed E-state index contributed by atoms with van der Waals surface area (Å²) in [4.78, 5) is 0. The van der Waals surface area contributed by atoms with Crippen LogP contribution in [0.25, 0.3) is 60.5 Å². The molecule has 0 saturated heterocycles. The molecule has 0 amide bonds. The van der Waals surface area contributed by atoms with E-state index in [1.807, 2.05) is 0 Å². The molecule has 0 radical (unpaired) electrons. The Bertz CT molecular complexity index is 2310. The van der Waals surface area contributed by atoms with Gasteiger partial charge in [-0.05, 0) is 61.3 Å². The van der Waals surface area contributed by atoms with Crippen molar-refractivity contribution in [3.63, 3.8) is 0 Å². The molecule has 6 aromatic carbocycles. The van der Waals surface area contributed by atoms with Crippen LogP contribution in [0.5, 0.6) is 0 Å². The molecule has 0 bridgehead atoms. The van der Waals surface area contributed by atoms with E-state index in [0.717, 1.165) is 5.69 Å². The molecule has 0 fully saturated rings. The first-order chi connectivity index (χ1) is 20.0. The summed E-state index contributed by atoms with van der Waals surface area (Å²) in [6, 6.07) is 31.8. The van der Waals surface area contributed by atoms with Crippen LogP contribution in [-0.2, 0) is 0 Å². The molecule has 3 heterocycles. The van der Waals surface area contributed by atoms with Gasteiger partial charge in [0.1, 0.15) is 39.2 Å². The predicted molar refractivity (Wildman–Crippen MR) is 192 cm³/mol. The summed E-state index contributed by atoms with van der Waals surface area (Å²) in [7, 11) is 11.3. The number of nitrogens with zero attached hydrogens (tertiary/aromatic N) is 2. The smallest absolute Gasteiger partial charge is 0.233 e. The van der Waals surface area contributed by atoms with Crippen molar-refractivity contribution in [3.8, 4) is 28.1 Å². The third kappa shape index (κ3) is 2.78. The zero-order chi connectivity index (χ0) is 27.7. The molecule has 0 unspecified atom stereocenters. The highest BCUT2D eigenvalue weighted by Gasteiger charge is 2.39. The van der Waals surface area contributed by atoms with Gasteiger partial charge in [0.05, 0.1) is 16.9 Å². The zero-order valence-electron chi connectivity index (χ0n) is 24.1. The van der Waals surface area contributed by atoms with Gasteiger partial charge in [-0.1, -0.05) is 89.2 Å². The maximum atomic E-state index is 5.47. The normalized spacial score (nSPS) is 12.8. The third-order valence-corrected chi connectivity index (χ3v) is 10.4. The summed E-state index contributed by atoms with van der Waals surface area (Å²) in [6.45, 7) is 0.169. The van der Waals surface area contributed by atoms with Crippen molar-refractivity contribution >= 4 is 122 Å². The largest absolute Gasteiger partial charge is 0.248 e. The number of hydrogen-bond acceptors (Lipinski definition) is 1. The van der Waals surface area contributed by atoms with Gasteiger partial charge in [-0.25, -0.2) is 4.68 Å². The summed E-state index contributed by atoms with van der Waals surface area (Å²) in [5, 5.41) is 12.1. The highest BCUT2D eigenvalue weighted by molar-refractivity contribution is 7.01. The fourth-order valence-corrected chi connectivity index (χ4v) is 8.04. The number of hydrogen-bond donors (Lipinski definition) is 0. The van der Waals surface area contributed by atoms with Gasteiger partial charge in [0, 0.05) is 5.39 Å². The molecule has 2 aliphatic rings. The molecule has 7 aromatic rings. The Kier molecular flexibility index (Phi) is 4.52. The van der Waals surface area contributed by atoms with Crippen molar-refractivity contribution in [2.75, 3.05) is 0 Å². The van der Waals surface area contributed by atoms with E-state index < -0.39 is 0 Å². The number of para-hydroxylation sites is 1. The lowest BCUT2D eigenvalue weighted by Gasteiger charge is -2.33. The highest BCUT2D eigenvalue weighted by Crippen LogP contribution is 2.39. The maximum Gasteiger partial charge on any atom is 0.248 e. The van der Waals surface area contributed by atoms with Crippen LogP contribution < -0.4 is 43.7 Å². The van der Waals surface area contributed by atoms with Gasteiger partial charge in [0.2, 0.25) is 6.71 Å². The minimum absolute atomic E-state index is 0.169. The molecule has 2 nitrogen and oxygen atoms in total. The molecule has 9 rings (SSSR count). The summed E-state index contributed by atoms with van der Waals surface area (Å²) in [5.41, 5.74) is 18.4. The minimum atomic E-state index is 0.169. The lowest BCUT2D eigenvalue weighted by atomic mass is 9.32. The van der Waals surface area contributed by atoms with E-state index in [-0.39, 0.29) is 6.71 Å². The third-order valence-electron chi connectivity index (χ3n) is 10.4. The number of rotatable bonds is 1. The monoisotopic (exact) mass is 514 g/mol. The first-order valence-electron chi connectivity index (χ1n) is 14.6. The van der Waals surface area contributed by atoms with E-state index in [1.54, 1.807) is 0 Å². The second kappa shape index (κ2) is 7.91. The van der Waals surface area contributed by atoms with Gasteiger partial charge >= 0.3 is 0 Å². The number of aromatic nitrogens is 2. The Labute approximate surface area is 244 Å². The van der Waals surface area contributed by atoms with E-state index in [4.69, 9.17) is 5.10 Å². The SMILES string of the molecule is Bc1c(B)c(B)c(-c2nn3c4c(cccc24)B2c4c(cccc4-3)-c3cc4ccccc4c4cccc2c34)c(B)c1B. The molecule has 0 spiro atoms. The molecule has 184 valence electrons. The number of benzene rings is 6.